The van der Waals surface area contributed by atoms with Crippen LogP contribution in [0.4, 0.5) is 0 Å². The van der Waals surface area contributed by atoms with Gasteiger partial charge in [0.05, 0.1) is 13.2 Å². The van der Waals surface area contributed by atoms with Crippen LogP contribution in [-0.2, 0) is 9.53 Å². The molecule has 0 aliphatic heterocycles. The summed E-state index contributed by atoms with van der Waals surface area (Å²) < 4.78 is 10.2. The second kappa shape index (κ2) is 8.71. The maximum atomic E-state index is 10.9. The molecule has 0 bridgehead atoms. The van der Waals surface area contributed by atoms with Gasteiger partial charge >= 0.3 is 5.97 Å². The fourth-order valence-corrected chi connectivity index (χ4v) is 1.21. The van der Waals surface area contributed by atoms with E-state index in [1.165, 1.54) is 13.2 Å². The van der Waals surface area contributed by atoms with E-state index in [1.54, 1.807) is 6.08 Å². The zero-order chi connectivity index (χ0) is 12.7. The molecule has 0 aliphatic carbocycles. The fraction of sp³-hybridized carbons (Fsp3) is 0.357. The molecule has 0 fully saturated rings. The molecular weight excluding hydrogens is 247 g/mol. The summed E-state index contributed by atoms with van der Waals surface area (Å²) in [4.78, 5) is 10.9. The van der Waals surface area contributed by atoms with E-state index in [0.717, 1.165) is 17.7 Å². The van der Waals surface area contributed by atoms with E-state index < -0.39 is 0 Å². The average Bonchev–Trinajstić information content (AvgIpc) is 2.37. The van der Waals surface area contributed by atoms with Crippen LogP contribution in [0.1, 0.15) is 25.8 Å². The van der Waals surface area contributed by atoms with Gasteiger partial charge in [-0.15, -0.1) is 0 Å². The highest BCUT2D eigenvalue weighted by Gasteiger charge is 2.00. The van der Waals surface area contributed by atoms with Crippen LogP contribution < -0.4 is 4.74 Å². The van der Waals surface area contributed by atoms with Gasteiger partial charge in [-0.05, 0) is 37.1 Å². The second-order valence-corrected chi connectivity index (χ2v) is 3.76. The molecule has 0 radical (unpaired) electrons. The Morgan fingerprint density at radius 3 is 2.44 bits per heavy atom. The smallest absolute Gasteiger partial charge is 0.330 e. The van der Waals surface area contributed by atoms with Crippen LogP contribution in [0, 0.1) is 0 Å². The summed E-state index contributed by atoms with van der Waals surface area (Å²) in [6.07, 6.45) is 4.29. The molecule has 2 atom stereocenters. The predicted molar refractivity (Wildman–Crippen MR) is 79.0 cm³/mol. The Bertz CT molecular complexity index is 385. The van der Waals surface area contributed by atoms with Gasteiger partial charge in [0.25, 0.3) is 0 Å². The summed E-state index contributed by atoms with van der Waals surface area (Å²) in [6, 6.07) is 7.58. The second-order valence-electron chi connectivity index (χ2n) is 3.76. The number of benzene rings is 1. The Morgan fingerprint density at radius 2 is 1.94 bits per heavy atom. The Morgan fingerprint density at radius 1 is 1.33 bits per heavy atom. The number of rotatable bonds is 5. The fourth-order valence-electron chi connectivity index (χ4n) is 1.21. The number of hydrogen-bond donors (Lipinski definition) is 0. The highest BCUT2D eigenvalue weighted by molar-refractivity contribution is 6.92. The summed E-state index contributed by atoms with van der Waals surface area (Å²) in [7, 11) is 1.36. The van der Waals surface area contributed by atoms with Crippen molar-refractivity contribution in [2.45, 2.75) is 26.4 Å². The SMILES string of the molecule is CCC(C)Oc1ccc(/C=C/C(=O)OC)cc1.P. The Balaban J connectivity index is 0.00000289. The molecule has 4 heteroatoms. The maximum Gasteiger partial charge on any atom is 0.330 e. The molecule has 0 saturated heterocycles. The predicted octanol–water partition coefficient (Wildman–Crippen LogP) is 3.11. The van der Waals surface area contributed by atoms with Gasteiger partial charge in [-0.3, -0.25) is 0 Å². The van der Waals surface area contributed by atoms with Crippen LogP contribution in [0.5, 0.6) is 5.75 Å². The van der Waals surface area contributed by atoms with E-state index in [-0.39, 0.29) is 22.0 Å². The first-order valence-electron chi connectivity index (χ1n) is 5.68. The lowest BCUT2D eigenvalue weighted by Gasteiger charge is -2.12. The number of ether oxygens (including phenoxy) is 2. The molecule has 0 saturated carbocycles. The van der Waals surface area contributed by atoms with Gasteiger partial charge in [0, 0.05) is 6.08 Å². The zero-order valence-electron chi connectivity index (χ0n) is 11.2. The molecule has 1 rings (SSSR count). The minimum Gasteiger partial charge on any atom is -0.491 e. The molecule has 0 heterocycles. The lowest BCUT2D eigenvalue weighted by atomic mass is 10.2. The Labute approximate surface area is 112 Å². The largest absolute Gasteiger partial charge is 0.491 e. The summed E-state index contributed by atoms with van der Waals surface area (Å²) in [5.41, 5.74) is 0.937. The van der Waals surface area contributed by atoms with Crippen molar-refractivity contribution in [3.8, 4) is 5.75 Å². The van der Waals surface area contributed by atoms with Crippen molar-refractivity contribution in [1.29, 1.82) is 0 Å². The van der Waals surface area contributed by atoms with Gasteiger partial charge in [0.2, 0.25) is 0 Å². The summed E-state index contributed by atoms with van der Waals surface area (Å²) in [6.45, 7) is 4.11. The van der Waals surface area contributed by atoms with Crippen molar-refractivity contribution < 1.29 is 14.3 Å². The summed E-state index contributed by atoms with van der Waals surface area (Å²) in [5.74, 6) is 0.486. The standard InChI is InChI=1S/C14H18O3.H3P/c1-4-11(2)17-13-8-5-12(6-9-13)7-10-14(15)16-3;/h5-11H,4H2,1-3H3;1H3/b10-7+;. The average molecular weight is 268 g/mol. The van der Waals surface area contributed by atoms with Crippen molar-refractivity contribution in [2.24, 2.45) is 0 Å². The van der Waals surface area contributed by atoms with Crippen LogP contribution in [0.2, 0.25) is 0 Å². The van der Waals surface area contributed by atoms with Crippen molar-refractivity contribution >= 4 is 21.9 Å². The lowest BCUT2D eigenvalue weighted by Crippen LogP contribution is -2.09. The van der Waals surface area contributed by atoms with E-state index in [2.05, 4.69) is 11.7 Å². The van der Waals surface area contributed by atoms with E-state index in [9.17, 15) is 4.79 Å². The molecule has 2 unspecified atom stereocenters. The van der Waals surface area contributed by atoms with Crippen LogP contribution in [-0.4, -0.2) is 19.2 Å². The van der Waals surface area contributed by atoms with Crippen LogP contribution in [0.15, 0.2) is 30.3 Å². The highest BCUT2D eigenvalue weighted by Crippen LogP contribution is 2.15. The third-order valence-corrected chi connectivity index (χ3v) is 2.41. The van der Waals surface area contributed by atoms with Crippen LogP contribution in [0.25, 0.3) is 6.08 Å². The third kappa shape index (κ3) is 5.83. The highest BCUT2D eigenvalue weighted by atomic mass is 31.0. The van der Waals surface area contributed by atoms with Crippen molar-refractivity contribution in [3.05, 3.63) is 35.9 Å². The van der Waals surface area contributed by atoms with Crippen LogP contribution in [0.3, 0.4) is 0 Å². The van der Waals surface area contributed by atoms with Gasteiger partial charge in [-0.25, -0.2) is 4.79 Å². The van der Waals surface area contributed by atoms with E-state index in [1.807, 2.05) is 31.2 Å². The zero-order valence-corrected chi connectivity index (χ0v) is 12.6. The topological polar surface area (TPSA) is 35.5 Å². The maximum absolute atomic E-state index is 10.9. The van der Waals surface area contributed by atoms with E-state index in [0.29, 0.717) is 0 Å². The normalized spacial score (nSPS) is 11.7. The molecule has 100 valence electrons. The molecule has 0 aromatic heterocycles. The number of hydrogen-bond acceptors (Lipinski definition) is 3. The summed E-state index contributed by atoms with van der Waals surface area (Å²) >= 11 is 0. The van der Waals surface area contributed by atoms with Gasteiger partial charge in [0.15, 0.2) is 0 Å². The molecule has 0 spiro atoms. The molecule has 3 nitrogen and oxygen atoms in total. The first-order valence-corrected chi connectivity index (χ1v) is 5.68. The number of methoxy groups -OCH3 is 1. The monoisotopic (exact) mass is 268 g/mol. The summed E-state index contributed by atoms with van der Waals surface area (Å²) in [5, 5.41) is 0. The molecular formula is C14H21O3P. The molecule has 0 aliphatic rings. The number of carbonyl (C=O) groups excluding carboxylic acids is 1. The third-order valence-electron chi connectivity index (χ3n) is 2.41. The van der Waals surface area contributed by atoms with Crippen LogP contribution >= 0.6 is 9.90 Å². The van der Waals surface area contributed by atoms with Gasteiger partial charge in [-0.2, -0.15) is 9.90 Å². The van der Waals surface area contributed by atoms with Gasteiger partial charge in [0.1, 0.15) is 5.75 Å². The lowest BCUT2D eigenvalue weighted by molar-refractivity contribution is -0.134. The van der Waals surface area contributed by atoms with Gasteiger partial charge in [-0.1, -0.05) is 19.1 Å². The molecule has 0 N–H and O–H groups in total. The Hall–Kier alpha value is -1.34. The number of esters is 1. The number of carbonyl (C=O) groups is 1. The first kappa shape index (κ1) is 16.7. The first-order chi connectivity index (χ1) is 8.15. The minimum atomic E-state index is -0.357. The quantitative estimate of drug-likeness (QED) is 0.467. The van der Waals surface area contributed by atoms with E-state index in [4.69, 9.17) is 4.74 Å². The van der Waals surface area contributed by atoms with Gasteiger partial charge < -0.3 is 9.47 Å². The molecule has 1 aromatic rings. The van der Waals surface area contributed by atoms with E-state index >= 15 is 0 Å². The Kier molecular flexibility index (Phi) is 8.06. The van der Waals surface area contributed by atoms with Crippen molar-refractivity contribution in [3.63, 3.8) is 0 Å². The minimum absolute atomic E-state index is 0. The molecule has 0 amide bonds. The molecule has 18 heavy (non-hydrogen) atoms. The molecule has 1 aromatic carbocycles. The van der Waals surface area contributed by atoms with Crippen molar-refractivity contribution in [1.82, 2.24) is 0 Å². The van der Waals surface area contributed by atoms with Crippen molar-refractivity contribution in [2.75, 3.05) is 7.11 Å².